The van der Waals surface area contributed by atoms with Gasteiger partial charge >= 0.3 is 0 Å². The summed E-state index contributed by atoms with van der Waals surface area (Å²) >= 11 is 0. The summed E-state index contributed by atoms with van der Waals surface area (Å²) in [5.41, 5.74) is 5.79. The molecule has 1 aliphatic carbocycles. The third-order valence-corrected chi connectivity index (χ3v) is 4.26. The molecule has 0 radical (unpaired) electrons. The van der Waals surface area contributed by atoms with Gasteiger partial charge in [0.1, 0.15) is 5.82 Å². The molecule has 0 amide bonds. The van der Waals surface area contributed by atoms with Crippen molar-refractivity contribution >= 4 is 5.69 Å². The largest absolute Gasteiger partial charge is 0.378 e. The Morgan fingerprint density at radius 2 is 1.90 bits per heavy atom. The molecule has 0 aliphatic heterocycles. The monoisotopic (exact) mass is 269 g/mol. The Hall–Kier alpha value is -1.83. The molecule has 2 aromatic carbocycles. The summed E-state index contributed by atoms with van der Waals surface area (Å²) in [5.74, 6) is -0.156. The first-order valence-electron chi connectivity index (χ1n) is 7.28. The number of fused-ring (bicyclic) bond motifs is 1. The summed E-state index contributed by atoms with van der Waals surface area (Å²) in [7, 11) is 0. The van der Waals surface area contributed by atoms with E-state index in [4.69, 9.17) is 0 Å². The van der Waals surface area contributed by atoms with Gasteiger partial charge in [-0.1, -0.05) is 24.3 Å². The fourth-order valence-electron chi connectivity index (χ4n) is 2.94. The van der Waals surface area contributed by atoms with Crippen LogP contribution in [0.2, 0.25) is 0 Å². The third-order valence-electron chi connectivity index (χ3n) is 4.26. The molecule has 1 unspecified atom stereocenters. The molecule has 1 N–H and O–H groups in total. The number of hydrogen-bond donors (Lipinski definition) is 1. The smallest absolute Gasteiger partial charge is 0.128 e. The SMILES string of the molecule is Cc1c(F)cccc1NC(C)c1ccc2c(c1)CCC2. The number of anilines is 1. The average Bonchev–Trinajstić information content (AvgIpc) is 2.91. The van der Waals surface area contributed by atoms with Gasteiger partial charge in [-0.25, -0.2) is 4.39 Å². The predicted molar refractivity (Wildman–Crippen MR) is 81.6 cm³/mol. The van der Waals surface area contributed by atoms with Gasteiger partial charge < -0.3 is 5.32 Å². The summed E-state index contributed by atoms with van der Waals surface area (Å²) in [5, 5.41) is 3.42. The molecule has 0 saturated carbocycles. The van der Waals surface area contributed by atoms with Gasteiger partial charge in [0.05, 0.1) is 0 Å². The highest BCUT2D eigenvalue weighted by atomic mass is 19.1. The lowest BCUT2D eigenvalue weighted by Crippen LogP contribution is -2.08. The van der Waals surface area contributed by atoms with E-state index in [1.807, 2.05) is 13.0 Å². The van der Waals surface area contributed by atoms with Crippen LogP contribution in [0.4, 0.5) is 10.1 Å². The van der Waals surface area contributed by atoms with E-state index in [0.29, 0.717) is 5.56 Å². The molecule has 104 valence electrons. The van der Waals surface area contributed by atoms with Crippen LogP contribution in [0.1, 0.15) is 41.6 Å². The lowest BCUT2D eigenvalue weighted by atomic mass is 10.0. The molecule has 0 heterocycles. The van der Waals surface area contributed by atoms with Crippen LogP contribution in [0.3, 0.4) is 0 Å². The molecule has 0 spiro atoms. The molecule has 2 aromatic rings. The van der Waals surface area contributed by atoms with Crippen LogP contribution in [0.5, 0.6) is 0 Å². The van der Waals surface area contributed by atoms with Gasteiger partial charge in [0.2, 0.25) is 0 Å². The van der Waals surface area contributed by atoms with Gasteiger partial charge in [-0.05, 0) is 61.9 Å². The molecular weight excluding hydrogens is 249 g/mol. The molecule has 2 heteroatoms. The normalized spacial score (nSPS) is 14.9. The van der Waals surface area contributed by atoms with E-state index in [1.54, 1.807) is 6.07 Å². The first-order valence-corrected chi connectivity index (χ1v) is 7.28. The molecule has 0 bridgehead atoms. The maximum Gasteiger partial charge on any atom is 0.128 e. The van der Waals surface area contributed by atoms with E-state index in [-0.39, 0.29) is 11.9 Å². The Labute approximate surface area is 119 Å². The average molecular weight is 269 g/mol. The van der Waals surface area contributed by atoms with Gasteiger partial charge in [-0.15, -0.1) is 0 Å². The number of rotatable bonds is 3. The van der Waals surface area contributed by atoms with Crippen LogP contribution < -0.4 is 5.32 Å². The Morgan fingerprint density at radius 1 is 1.10 bits per heavy atom. The predicted octanol–water partition coefficient (Wildman–Crippen LogP) is 4.80. The highest BCUT2D eigenvalue weighted by Crippen LogP contribution is 2.28. The maximum absolute atomic E-state index is 13.6. The number of hydrogen-bond acceptors (Lipinski definition) is 1. The second kappa shape index (κ2) is 5.28. The van der Waals surface area contributed by atoms with Crippen molar-refractivity contribution in [1.29, 1.82) is 0 Å². The molecule has 3 rings (SSSR count). The highest BCUT2D eigenvalue weighted by Gasteiger charge is 2.14. The molecule has 0 fully saturated rings. The zero-order valence-electron chi connectivity index (χ0n) is 12.0. The molecular formula is C18H20FN. The van der Waals surface area contributed by atoms with Gasteiger partial charge in [-0.3, -0.25) is 0 Å². The van der Waals surface area contributed by atoms with E-state index in [0.717, 1.165) is 5.69 Å². The van der Waals surface area contributed by atoms with Crippen molar-refractivity contribution in [3.8, 4) is 0 Å². The molecule has 20 heavy (non-hydrogen) atoms. The van der Waals surface area contributed by atoms with Crippen molar-refractivity contribution in [3.63, 3.8) is 0 Å². The summed E-state index contributed by atoms with van der Waals surface area (Å²) < 4.78 is 13.6. The van der Waals surface area contributed by atoms with Crippen LogP contribution in [0.15, 0.2) is 36.4 Å². The fourth-order valence-corrected chi connectivity index (χ4v) is 2.94. The highest BCUT2D eigenvalue weighted by molar-refractivity contribution is 5.52. The Bertz CT molecular complexity index is 633. The van der Waals surface area contributed by atoms with Gasteiger partial charge in [-0.2, -0.15) is 0 Å². The van der Waals surface area contributed by atoms with Crippen LogP contribution in [0.25, 0.3) is 0 Å². The van der Waals surface area contributed by atoms with Crippen molar-refractivity contribution in [2.75, 3.05) is 5.32 Å². The molecule has 0 aromatic heterocycles. The van der Waals surface area contributed by atoms with E-state index in [2.05, 4.69) is 30.4 Å². The standard InChI is InChI=1S/C18H20FN/c1-12-17(19)7-4-8-18(12)20-13(2)15-10-9-14-5-3-6-16(14)11-15/h4,7-11,13,20H,3,5-6H2,1-2H3. The summed E-state index contributed by atoms with van der Waals surface area (Å²) in [6, 6.07) is 12.1. The van der Waals surface area contributed by atoms with Crippen LogP contribution >= 0.6 is 0 Å². The van der Waals surface area contributed by atoms with E-state index in [9.17, 15) is 4.39 Å². The Balaban J connectivity index is 1.82. The number of benzene rings is 2. The van der Waals surface area contributed by atoms with Crippen molar-refractivity contribution in [2.24, 2.45) is 0 Å². The molecule has 1 aliphatic rings. The van der Waals surface area contributed by atoms with Crippen LogP contribution in [-0.2, 0) is 12.8 Å². The lowest BCUT2D eigenvalue weighted by molar-refractivity contribution is 0.618. The molecule has 1 nitrogen and oxygen atoms in total. The third kappa shape index (κ3) is 2.43. The van der Waals surface area contributed by atoms with E-state index in [1.165, 1.54) is 42.0 Å². The second-order valence-electron chi connectivity index (χ2n) is 5.66. The number of halogens is 1. The van der Waals surface area contributed by atoms with Crippen LogP contribution in [-0.4, -0.2) is 0 Å². The van der Waals surface area contributed by atoms with Crippen molar-refractivity contribution in [1.82, 2.24) is 0 Å². The van der Waals surface area contributed by atoms with Gasteiger partial charge in [0, 0.05) is 17.3 Å². The molecule has 0 saturated heterocycles. The summed E-state index contributed by atoms with van der Waals surface area (Å²) in [6.07, 6.45) is 3.67. The topological polar surface area (TPSA) is 12.0 Å². The zero-order valence-corrected chi connectivity index (χ0v) is 12.0. The summed E-state index contributed by atoms with van der Waals surface area (Å²) in [4.78, 5) is 0. The Morgan fingerprint density at radius 3 is 2.75 bits per heavy atom. The zero-order chi connectivity index (χ0) is 14.1. The number of nitrogens with one attached hydrogen (secondary N) is 1. The maximum atomic E-state index is 13.6. The van der Waals surface area contributed by atoms with Crippen LogP contribution in [0, 0.1) is 12.7 Å². The van der Waals surface area contributed by atoms with Crippen molar-refractivity contribution < 1.29 is 4.39 Å². The first kappa shape index (κ1) is 13.2. The van der Waals surface area contributed by atoms with E-state index >= 15 is 0 Å². The quantitative estimate of drug-likeness (QED) is 0.844. The lowest BCUT2D eigenvalue weighted by Gasteiger charge is -2.18. The van der Waals surface area contributed by atoms with Crippen molar-refractivity contribution in [3.05, 3.63) is 64.5 Å². The minimum absolute atomic E-state index is 0.156. The summed E-state index contributed by atoms with van der Waals surface area (Å²) in [6.45, 7) is 3.94. The minimum Gasteiger partial charge on any atom is -0.378 e. The molecule has 1 atom stereocenters. The van der Waals surface area contributed by atoms with E-state index < -0.39 is 0 Å². The fraction of sp³-hybridized carbons (Fsp3) is 0.333. The van der Waals surface area contributed by atoms with Crippen molar-refractivity contribution in [2.45, 2.75) is 39.2 Å². The first-order chi connectivity index (χ1) is 9.65. The Kier molecular flexibility index (Phi) is 3.47. The van der Waals surface area contributed by atoms with Gasteiger partial charge in [0.25, 0.3) is 0 Å². The minimum atomic E-state index is -0.156. The van der Waals surface area contributed by atoms with Gasteiger partial charge in [0.15, 0.2) is 0 Å². The number of aryl methyl sites for hydroxylation is 2. The second-order valence-corrected chi connectivity index (χ2v) is 5.66.